The van der Waals surface area contributed by atoms with E-state index in [1.165, 1.54) is 6.07 Å². The average molecular weight is 442 g/mol. The number of hydrogen-bond acceptors (Lipinski definition) is 4. The minimum absolute atomic E-state index is 0.0683. The van der Waals surface area contributed by atoms with E-state index in [0.717, 1.165) is 0 Å². The maximum Gasteiger partial charge on any atom is 0.251 e. The van der Waals surface area contributed by atoms with Crippen LogP contribution in [0.5, 0.6) is 5.75 Å². The summed E-state index contributed by atoms with van der Waals surface area (Å²) in [6.45, 7) is 1.20. The van der Waals surface area contributed by atoms with Crippen molar-refractivity contribution in [1.82, 2.24) is 15.5 Å². The minimum Gasteiger partial charge on any atom is -0.497 e. The van der Waals surface area contributed by atoms with E-state index in [1.54, 1.807) is 54.5 Å². The lowest BCUT2D eigenvalue weighted by molar-refractivity contribution is -0.134. The van der Waals surface area contributed by atoms with Gasteiger partial charge in [0.2, 0.25) is 11.8 Å². The lowest BCUT2D eigenvalue weighted by Gasteiger charge is -2.31. The van der Waals surface area contributed by atoms with Crippen molar-refractivity contribution in [1.29, 1.82) is 0 Å². The lowest BCUT2D eigenvalue weighted by atomic mass is 9.95. The Morgan fingerprint density at radius 1 is 1.03 bits per heavy atom. The van der Waals surface area contributed by atoms with Crippen LogP contribution in [0.25, 0.3) is 0 Å². The van der Waals surface area contributed by atoms with Gasteiger partial charge in [0.1, 0.15) is 11.6 Å². The van der Waals surface area contributed by atoms with Gasteiger partial charge >= 0.3 is 0 Å². The molecule has 2 aromatic rings. The molecule has 0 aromatic heterocycles. The number of ether oxygens (including phenoxy) is 1. The molecule has 2 aromatic carbocycles. The zero-order chi connectivity index (χ0) is 22.9. The number of benzene rings is 2. The normalized spacial score (nSPS) is 14.0. The topological polar surface area (TPSA) is 87.7 Å². The highest BCUT2D eigenvalue weighted by Crippen LogP contribution is 2.18. The number of nitrogens with zero attached hydrogens (tertiary/aromatic N) is 1. The van der Waals surface area contributed by atoms with Gasteiger partial charge in [-0.05, 0) is 55.2 Å². The van der Waals surface area contributed by atoms with Crippen molar-refractivity contribution in [3.63, 3.8) is 0 Å². The Bertz CT molecular complexity index is 941. The van der Waals surface area contributed by atoms with Crippen LogP contribution in [-0.4, -0.2) is 55.9 Å². The maximum absolute atomic E-state index is 13.6. The summed E-state index contributed by atoms with van der Waals surface area (Å²) in [6.07, 6.45) is 1.55. The Hall–Kier alpha value is -3.42. The molecule has 170 valence electrons. The molecule has 2 N–H and O–H groups in total. The molecule has 3 amide bonds. The Kier molecular flexibility index (Phi) is 8.19. The zero-order valence-electron chi connectivity index (χ0n) is 18.1. The van der Waals surface area contributed by atoms with Crippen LogP contribution in [0.4, 0.5) is 4.39 Å². The minimum atomic E-state index is -0.329. The van der Waals surface area contributed by atoms with Crippen LogP contribution in [0.15, 0.2) is 48.5 Å². The van der Waals surface area contributed by atoms with E-state index in [4.69, 9.17) is 4.74 Å². The third kappa shape index (κ3) is 6.29. The number of hydrogen-bond donors (Lipinski definition) is 2. The molecule has 1 aliphatic rings. The molecular formula is C24H28FN3O4. The Morgan fingerprint density at radius 3 is 2.38 bits per heavy atom. The molecule has 8 heteroatoms. The van der Waals surface area contributed by atoms with Crippen LogP contribution in [0.1, 0.15) is 28.8 Å². The third-order valence-corrected chi connectivity index (χ3v) is 5.62. The molecule has 32 heavy (non-hydrogen) atoms. The van der Waals surface area contributed by atoms with Gasteiger partial charge in [0.15, 0.2) is 0 Å². The van der Waals surface area contributed by atoms with E-state index >= 15 is 0 Å². The second-order valence-electron chi connectivity index (χ2n) is 7.70. The molecule has 1 fully saturated rings. The lowest BCUT2D eigenvalue weighted by Crippen LogP contribution is -2.46. The Balaban J connectivity index is 1.36. The summed E-state index contributed by atoms with van der Waals surface area (Å²) >= 11 is 0. The standard InChI is InChI=1S/C24H28FN3O4/c1-32-20-8-6-18(7-9-20)24(31)27-16-22(29)28-14-11-19(12-15-28)23(30)26-13-10-17-4-2-3-5-21(17)25/h2-9,19H,10-16H2,1H3,(H,26,30)(H,27,31). The summed E-state index contributed by atoms with van der Waals surface area (Å²) in [4.78, 5) is 38.7. The van der Waals surface area contributed by atoms with Crippen molar-refractivity contribution in [2.24, 2.45) is 5.92 Å². The number of carbonyl (C=O) groups is 3. The summed E-state index contributed by atoms with van der Waals surface area (Å²) in [5.74, 6) is -0.366. The fourth-order valence-corrected chi connectivity index (χ4v) is 3.67. The second kappa shape index (κ2) is 11.3. The highest BCUT2D eigenvalue weighted by molar-refractivity contribution is 5.96. The van der Waals surface area contributed by atoms with E-state index in [1.807, 2.05) is 0 Å². The number of methoxy groups -OCH3 is 1. The van der Waals surface area contributed by atoms with Crippen molar-refractivity contribution in [3.8, 4) is 5.75 Å². The molecular weight excluding hydrogens is 413 g/mol. The predicted octanol–water partition coefficient (Wildman–Crippen LogP) is 2.16. The predicted molar refractivity (Wildman–Crippen MR) is 118 cm³/mol. The summed E-state index contributed by atoms with van der Waals surface area (Å²) < 4.78 is 18.7. The molecule has 3 rings (SSSR count). The number of rotatable bonds is 8. The van der Waals surface area contributed by atoms with Gasteiger partial charge in [0.05, 0.1) is 13.7 Å². The van der Waals surface area contributed by atoms with Crippen molar-refractivity contribution < 1.29 is 23.5 Å². The van der Waals surface area contributed by atoms with Gasteiger partial charge in [-0.2, -0.15) is 0 Å². The molecule has 1 saturated heterocycles. The summed E-state index contributed by atoms with van der Waals surface area (Å²) in [6, 6.07) is 13.2. The number of likely N-dealkylation sites (tertiary alicyclic amines) is 1. The van der Waals surface area contributed by atoms with Gasteiger partial charge in [-0.15, -0.1) is 0 Å². The van der Waals surface area contributed by atoms with Crippen molar-refractivity contribution in [2.75, 3.05) is 33.3 Å². The van der Waals surface area contributed by atoms with E-state index in [9.17, 15) is 18.8 Å². The van der Waals surface area contributed by atoms with Gasteiger partial charge in [-0.25, -0.2) is 4.39 Å². The molecule has 1 heterocycles. The van der Waals surface area contributed by atoms with E-state index in [0.29, 0.717) is 55.8 Å². The quantitative estimate of drug-likeness (QED) is 0.657. The third-order valence-electron chi connectivity index (χ3n) is 5.62. The van der Waals surface area contributed by atoms with Crippen LogP contribution < -0.4 is 15.4 Å². The van der Waals surface area contributed by atoms with Gasteiger partial charge in [0, 0.05) is 31.1 Å². The SMILES string of the molecule is COc1ccc(C(=O)NCC(=O)N2CCC(C(=O)NCCc3ccccc3F)CC2)cc1. The van der Waals surface area contributed by atoms with Crippen LogP contribution in [-0.2, 0) is 16.0 Å². The largest absolute Gasteiger partial charge is 0.497 e. The molecule has 0 saturated carbocycles. The van der Waals surface area contributed by atoms with Crippen LogP contribution in [0.2, 0.25) is 0 Å². The van der Waals surface area contributed by atoms with Crippen molar-refractivity contribution >= 4 is 17.7 Å². The number of nitrogens with one attached hydrogen (secondary N) is 2. The van der Waals surface area contributed by atoms with Gasteiger partial charge in [-0.3, -0.25) is 14.4 Å². The first kappa shape index (κ1) is 23.2. The summed E-state index contributed by atoms with van der Waals surface area (Å²) in [5.41, 5.74) is 1.02. The van der Waals surface area contributed by atoms with Crippen LogP contribution in [0, 0.1) is 11.7 Å². The fourth-order valence-electron chi connectivity index (χ4n) is 3.67. The van der Waals surface area contributed by atoms with Crippen LogP contribution >= 0.6 is 0 Å². The number of amides is 3. The first-order valence-electron chi connectivity index (χ1n) is 10.7. The molecule has 0 radical (unpaired) electrons. The molecule has 7 nitrogen and oxygen atoms in total. The Labute approximate surface area is 186 Å². The fraction of sp³-hybridized carbons (Fsp3) is 0.375. The first-order valence-corrected chi connectivity index (χ1v) is 10.7. The maximum atomic E-state index is 13.6. The smallest absolute Gasteiger partial charge is 0.251 e. The summed E-state index contributed by atoms with van der Waals surface area (Å²) in [5, 5.41) is 5.50. The van der Waals surface area contributed by atoms with E-state index in [2.05, 4.69) is 10.6 Å². The van der Waals surface area contributed by atoms with Crippen LogP contribution in [0.3, 0.4) is 0 Å². The highest BCUT2D eigenvalue weighted by atomic mass is 19.1. The average Bonchev–Trinajstić information content (AvgIpc) is 2.83. The van der Waals surface area contributed by atoms with Gasteiger partial charge in [-0.1, -0.05) is 18.2 Å². The second-order valence-corrected chi connectivity index (χ2v) is 7.70. The summed E-state index contributed by atoms with van der Waals surface area (Å²) in [7, 11) is 1.55. The highest BCUT2D eigenvalue weighted by Gasteiger charge is 2.27. The molecule has 0 aliphatic carbocycles. The first-order chi connectivity index (χ1) is 15.5. The van der Waals surface area contributed by atoms with E-state index in [-0.39, 0.29) is 36.0 Å². The van der Waals surface area contributed by atoms with Gasteiger partial charge in [0.25, 0.3) is 5.91 Å². The molecule has 0 spiro atoms. The van der Waals surface area contributed by atoms with Gasteiger partial charge < -0.3 is 20.3 Å². The number of carbonyl (C=O) groups excluding carboxylic acids is 3. The van der Waals surface area contributed by atoms with Crippen molar-refractivity contribution in [3.05, 3.63) is 65.5 Å². The number of halogens is 1. The Morgan fingerprint density at radius 2 is 1.72 bits per heavy atom. The molecule has 0 bridgehead atoms. The zero-order valence-corrected chi connectivity index (χ0v) is 18.1. The molecule has 0 unspecified atom stereocenters. The molecule has 0 atom stereocenters. The van der Waals surface area contributed by atoms with Crippen molar-refractivity contribution in [2.45, 2.75) is 19.3 Å². The monoisotopic (exact) mass is 441 g/mol. The molecule has 1 aliphatic heterocycles. The number of piperidine rings is 1. The van der Waals surface area contributed by atoms with E-state index < -0.39 is 0 Å².